The SMILES string of the molecule is CC(=O)NC1CCC(NCC(O)c2c(F)cccc2F)CC1. The third-order valence-corrected chi connectivity index (χ3v) is 4.07. The summed E-state index contributed by atoms with van der Waals surface area (Å²) in [6.45, 7) is 1.61. The monoisotopic (exact) mass is 312 g/mol. The van der Waals surface area contributed by atoms with Crippen molar-refractivity contribution in [3.8, 4) is 0 Å². The Balaban J connectivity index is 1.80. The number of hydrogen-bond donors (Lipinski definition) is 3. The summed E-state index contributed by atoms with van der Waals surface area (Å²) in [7, 11) is 0. The van der Waals surface area contributed by atoms with Crippen molar-refractivity contribution in [2.24, 2.45) is 0 Å². The van der Waals surface area contributed by atoms with E-state index in [1.807, 2.05) is 0 Å². The third-order valence-electron chi connectivity index (χ3n) is 4.07. The van der Waals surface area contributed by atoms with Gasteiger partial charge in [-0.3, -0.25) is 4.79 Å². The van der Waals surface area contributed by atoms with E-state index < -0.39 is 17.7 Å². The molecule has 0 aromatic heterocycles. The van der Waals surface area contributed by atoms with Crippen molar-refractivity contribution in [1.29, 1.82) is 0 Å². The van der Waals surface area contributed by atoms with Gasteiger partial charge in [-0.05, 0) is 37.8 Å². The maximum Gasteiger partial charge on any atom is 0.217 e. The molecule has 1 atom stereocenters. The molecule has 1 aromatic carbocycles. The van der Waals surface area contributed by atoms with Crippen LogP contribution in [0.2, 0.25) is 0 Å². The fraction of sp³-hybridized carbons (Fsp3) is 0.562. The lowest BCUT2D eigenvalue weighted by molar-refractivity contribution is -0.119. The number of aliphatic hydroxyl groups excluding tert-OH is 1. The molecule has 0 radical (unpaired) electrons. The van der Waals surface area contributed by atoms with Gasteiger partial charge in [-0.15, -0.1) is 0 Å². The number of halogens is 2. The van der Waals surface area contributed by atoms with E-state index in [1.54, 1.807) is 0 Å². The molecular weight excluding hydrogens is 290 g/mol. The van der Waals surface area contributed by atoms with Crippen LogP contribution in [-0.4, -0.2) is 29.6 Å². The van der Waals surface area contributed by atoms with Crippen molar-refractivity contribution >= 4 is 5.91 Å². The Labute approximate surface area is 128 Å². The van der Waals surface area contributed by atoms with E-state index in [-0.39, 0.29) is 30.1 Å². The van der Waals surface area contributed by atoms with Gasteiger partial charge in [0.1, 0.15) is 11.6 Å². The zero-order valence-corrected chi connectivity index (χ0v) is 12.6. The van der Waals surface area contributed by atoms with E-state index in [1.165, 1.54) is 13.0 Å². The average Bonchev–Trinajstić information content (AvgIpc) is 2.46. The number of rotatable bonds is 5. The van der Waals surface area contributed by atoms with E-state index in [2.05, 4.69) is 10.6 Å². The van der Waals surface area contributed by atoms with Gasteiger partial charge < -0.3 is 15.7 Å². The average molecular weight is 312 g/mol. The van der Waals surface area contributed by atoms with Crippen molar-refractivity contribution in [3.05, 3.63) is 35.4 Å². The van der Waals surface area contributed by atoms with Crippen LogP contribution in [-0.2, 0) is 4.79 Å². The zero-order valence-electron chi connectivity index (χ0n) is 12.6. The molecule has 22 heavy (non-hydrogen) atoms. The lowest BCUT2D eigenvalue weighted by atomic mass is 9.91. The first-order chi connectivity index (χ1) is 10.5. The lowest BCUT2D eigenvalue weighted by Gasteiger charge is -2.30. The first-order valence-corrected chi connectivity index (χ1v) is 7.60. The van der Waals surface area contributed by atoms with Gasteiger partial charge in [0.05, 0.1) is 11.7 Å². The molecule has 6 heteroatoms. The van der Waals surface area contributed by atoms with Gasteiger partial charge in [0.25, 0.3) is 0 Å². The van der Waals surface area contributed by atoms with Crippen LogP contribution in [0.5, 0.6) is 0 Å². The number of amides is 1. The van der Waals surface area contributed by atoms with E-state index >= 15 is 0 Å². The van der Waals surface area contributed by atoms with Crippen LogP contribution in [0.15, 0.2) is 18.2 Å². The fourth-order valence-corrected chi connectivity index (χ4v) is 2.94. The summed E-state index contributed by atoms with van der Waals surface area (Å²) in [5, 5.41) is 16.0. The minimum atomic E-state index is -1.21. The molecule has 1 fully saturated rings. The van der Waals surface area contributed by atoms with Crippen LogP contribution in [0, 0.1) is 11.6 Å². The van der Waals surface area contributed by atoms with Gasteiger partial charge in [0.2, 0.25) is 5.91 Å². The molecule has 1 aromatic rings. The molecule has 0 spiro atoms. The lowest BCUT2D eigenvalue weighted by Crippen LogP contribution is -2.42. The number of benzene rings is 1. The highest BCUT2D eigenvalue weighted by Gasteiger charge is 2.23. The quantitative estimate of drug-likeness (QED) is 0.780. The summed E-state index contributed by atoms with van der Waals surface area (Å²) in [6, 6.07) is 3.94. The maximum absolute atomic E-state index is 13.6. The second kappa shape index (κ2) is 7.65. The van der Waals surface area contributed by atoms with Gasteiger partial charge in [-0.1, -0.05) is 6.07 Å². The number of carbonyl (C=O) groups is 1. The van der Waals surface area contributed by atoms with Crippen LogP contribution >= 0.6 is 0 Å². The van der Waals surface area contributed by atoms with Gasteiger partial charge in [0, 0.05) is 25.6 Å². The van der Waals surface area contributed by atoms with E-state index in [0.29, 0.717) is 0 Å². The number of carbonyl (C=O) groups excluding carboxylic acids is 1. The minimum Gasteiger partial charge on any atom is -0.387 e. The van der Waals surface area contributed by atoms with Crippen LogP contribution in [0.3, 0.4) is 0 Å². The van der Waals surface area contributed by atoms with Crippen LogP contribution in [0.25, 0.3) is 0 Å². The molecular formula is C16H22F2N2O2. The van der Waals surface area contributed by atoms with Crippen molar-refractivity contribution in [2.45, 2.75) is 50.8 Å². The number of aliphatic hydroxyl groups is 1. The van der Waals surface area contributed by atoms with Gasteiger partial charge in [-0.2, -0.15) is 0 Å². The third kappa shape index (κ3) is 4.48. The first-order valence-electron chi connectivity index (χ1n) is 7.60. The van der Waals surface area contributed by atoms with Gasteiger partial charge in [0.15, 0.2) is 0 Å². The Morgan fingerprint density at radius 3 is 2.32 bits per heavy atom. The molecule has 1 aliphatic rings. The molecule has 0 bridgehead atoms. The summed E-state index contributed by atoms with van der Waals surface area (Å²) in [5.41, 5.74) is -0.290. The van der Waals surface area contributed by atoms with Crippen molar-refractivity contribution in [2.75, 3.05) is 6.54 Å². The Morgan fingerprint density at radius 1 is 1.23 bits per heavy atom. The molecule has 2 rings (SSSR count). The predicted molar refractivity (Wildman–Crippen MR) is 79.2 cm³/mol. The zero-order chi connectivity index (χ0) is 16.1. The summed E-state index contributed by atoms with van der Waals surface area (Å²) in [5.74, 6) is -1.49. The highest BCUT2D eigenvalue weighted by Crippen LogP contribution is 2.22. The molecule has 4 nitrogen and oxygen atoms in total. The smallest absolute Gasteiger partial charge is 0.217 e. The topological polar surface area (TPSA) is 61.4 Å². The highest BCUT2D eigenvalue weighted by atomic mass is 19.1. The molecule has 0 heterocycles. The van der Waals surface area contributed by atoms with Crippen LogP contribution < -0.4 is 10.6 Å². The van der Waals surface area contributed by atoms with Gasteiger partial charge >= 0.3 is 0 Å². The van der Waals surface area contributed by atoms with E-state index in [9.17, 15) is 18.7 Å². The largest absolute Gasteiger partial charge is 0.387 e. The van der Waals surface area contributed by atoms with Crippen LogP contribution in [0.1, 0.15) is 44.3 Å². The molecule has 3 N–H and O–H groups in total. The van der Waals surface area contributed by atoms with Crippen LogP contribution in [0.4, 0.5) is 8.78 Å². The summed E-state index contributed by atoms with van der Waals surface area (Å²) >= 11 is 0. The summed E-state index contributed by atoms with van der Waals surface area (Å²) in [6.07, 6.45) is 2.23. The summed E-state index contributed by atoms with van der Waals surface area (Å²) < 4.78 is 27.1. The Bertz CT molecular complexity index is 497. The Kier molecular flexibility index (Phi) is 5.85. The van der Waals surface area contributed by atoms with E-state index in [0.717, 1.165) is 37.8 Å². The Morgan fingerprint density at radius 2 is 1.77 bits per heavy atom. The van der Waals surface area contributed by atoms with E-state index in [4.69, 9.17) is 0 Å². The molecule has 0 aliphatic heterocycles. The molecule has 122 valence electrons. The number of nitrogens with one attached hydrogen (secondary N) is 2. The van der Waals surface area contributed by atoms with Crippen molar-refractivity contribution in [3.63, 3.8) is 0 Å². The maximum atomic E-state index is 13.6. The Hall–Kier alpha value is -1.53. The van der Waals surface area contributed by atoms with Crippen molar-refractivity contribution < 1.29 is 18.7 Å². The van der Waals surface area contributed by atoms with Gasteiger partial charge in [-0.25, -0.2) is 8.78 Å². The molecule has 1 saturated carbocycles. The second-order valence-electron chi connectivity index (χ2n) is 5.81. The predicted octanol–water partition coefficient (Wildman–Crippen LogP) is 2.04. The highest BCUT2D eigenvalue weighted by molar-refractivity contribution is 5.73. The molecule has 1 unspecified atom stereocenters. The normalized spacial score (nSPS) is 23.1. The first kappa shape index (κ1) is 16.8. The molecule has 0 saturated heterocycles. The second-order valence-corrected chi connectivity index (χ2v) is 5.81. The molecule has 1 aliphatic carbocycles. The molecule has 1 amide bonds. The summed E-state index contributed by atoms with van der Waals surface area (Å²) in [4.78, 5) is 11.0. The standard InChI is InChI=1S/C16H22F2N2O2/c1-10(21)20-12-7-5-11(6-8-12)19-9-15(22)16-13(17)3-2-4-14(16)18/h2-4,11-12,15,19,22H,5-9H2,1H3,(H,20,21). The fourth-order valence-electron chi connectivity index (χ4n) is 2.94. The number of hydrogen-bond acceptors (Lipinski definition) is 3. The minimum absolute atomic E-state index is 0.0261. The van der Waals surface area contributed by atoms with Crippen molar-refractivity contribution in [1.82, 2.24) is 10.6 Å².